The second-order valence-corrected chi connectivity index (χ2v) is 10.7. The van der Waals surface area contributed by atoms with Gasteiger partial charge in [-0.1, -0.05) is 46.8 Å². The number of fused-ring (bicyclic) bond motifs is 1. The van der Waals surface area contributed by atoms with Gasteiger partial charge in [0, 0.05) is 23.6 Å². The third kappa shape index (κ3) is 5.35. The summed E-state index contributed by atoms with van der Waals surface area (Å²) in [5.41, 5.74) is 7.37. The van der Waals surface area contributed by atoms with Gasteiger partial charge >= 0.3 is 0 Å². The number of aliphatic hydroxyl groups is 1. The van der Waals surface area contributed by atoms with Crippen LogP contribution in [0.3, 0.4) is 0 Å². The first-order valence-electron chi connectivity index (χ1n) is 11.9. The van der Waals surface area contributed by atoms with Crippen LogP contribution in [0, 0.1) is 26.2 Å². The number of aliphatic hydroxyl groups excluding tert-OH is 1. The predicted molar refractivity (Wildman–Crippen MR) is 134 cm³/mol. The maximum atomic E-state index is 12.8. The molecule has 1 amide bonds. The van der Waals surface area contributed by atoms with Gasteiger partial charge in [-0.2, -0.15) is 0 Å². The third-order valence-corrected chi connectivity index (χ3v) is 6.41. The van der Waals surface area contributed by atoms with E-state index in [-0.39, 0.29) is 30.5 Å². The zero-order valence-electron chi connectivity index (χ0n) is 21.4. The van der Waals surface area contributed by atoms with Gasteiger partial charge in [-0.3, -0.25) is 4.79 Å². The predicted octanol–water partition coefficient (Wildman–Crippen LogP) is 6.01. The highest BCUT2D eigenvalue weighted by Crippen LogP contribution is 2.47. The molecule has 0 aliphatic carbocycles. The molecule has 0 saturated heterocycles. The number of hydrogen-bond acceptors (Lipinski definition) is 4. The minimum Gasteiger partial charge on any atom is -0.492 e. The van der Waals surface area contributed by atoms with E-state index in [2.05, 4.69) is 72.0 Å². The second kappa shape index (κ2) is 9.76. The van der Waals surface area contributed by atoms with Crippen LogP contribution in [0.25, 0.3) is 0 Å². The van der Waals surface area contributed by atoms with E-state index in [0.29, 0.717) is 18.9 Å². The van der Waals surface area contributed by atoms with Crippen LogP contribution in [-0.4, -0.2) is 30.8 Å². The molecule has 2 aromatic carbocycles. The van der Waals surface area contributed by atoms with Gasteiger partial charge in [0.2, 0.25) is 5.91 Å². The molecule has 33 heavy (non-hydrogen) atoms. The minimum absolute atomic E-state index is 0.0215. The van der Waals surface area contributed by atoms with Crippen molar-refractivity contribution >= 4 is 11.6 Å². The molecule has 1 unspecified atom stereocenters. The smallest absolute Gasteiger partial charge is 0.224 e. The van der Waals surface area contributed by atoms with Crippen LogP contribution >= 0.6 is 0 Å². The summed E-state index contributed by atoms with van der Waals surface area (Å²) < 4.78 is 12.1. The molecule has 2 N–H and O–H groups in total. The van der Waals surface area contributed by atoms with Gasteiger partial charge in [0.25, 0.3) is 0 Å². The van der Waals surface area contributed by atoms with Crippen LogP contribution in [0.2, 0.25) is 0 Å². The number of rotatable bonds is 7. The topological polar surface area (TPSA) is 67.8 Å². The Kier molecular flexibility index (Phi) is 7.42. The summed E-state index contributed by atoms with van der Waals surface area (Å²) >= 11 is 0. The summed E-state index contributed by atoms with van der Waals surface area (Å²) in [4.78, 5) is 12.8. The molecule has 0 bridgehead atoms. The Bertz CT molecular complexity index is 1030. The molecule has 180 valence electrons. The summed E-state index contributed by atoms with van der Waals surface area (Å²) in [5.74, 6) is 2.13. The number of carbonyl (C=O) groups excluding carboxylic acids is 1. The molecule has 1 heterocycles. The zero-order chi connectivity index (χ0) is 24.5. The highest BCUT2D eigenvalue weighted by Gasteiger charge is 2.33. The highest BCUT2D eigenvalue weighted by molar-refractivity contribution is 5.93. The van der Waals surface area contributed by atoms with Gasteiger partial charge in [0.05, 0.1) is 13.2 Å². The van der Waals surface area contributed by atoms with E-state index in [1.807, 2.05) is 6.92 Å². The number of carbonyl (C=O) groups is 1. The standard InChI is InChI=1S/C28H39NO4/c1-16(2)21-10-9-20(13-23(21)32-12-11-30)22-15-33-27-18(4)17(3)26(19(5)25(22)27)29-24(31)14-28(6,7)8/h9-10,13,16,22,30H,11-12,14-15H2,1-8H3,(H,29,31). The molecule has 5 heteroatoms. The lowest BCUT2D eigenvalue weighted by atomic mass is 9.85. The average molecular weight is 454 g/mol. The van der Waals surface area contributed by atoms with E-state index in [1.54, 1.807) is 0 Å². The first-order valence-corrected chi connectivity index (χ1v) is 11.9. The van der Waals surface area contributed by atoms with Crippen molar-refractivity contribution in [3.63, 3.8) is 0 Å². The number of amides is 1. The maximum Gasteiger partial charge on any atom is 0.224 e. The number of hydrogen-bond donors (Lipinski definition) is 2. The summed E-state index contributed by atoms with van der Waals surface area (Å²) in [7, 11) is 0. The molecule has 2 aromatic rings. The second-order valence-electron chi connectivity index (χ2n) is 10.7. The normalized spacial score (nSPS) is 15.4. The lowest BCUT2D eigenvalue weighted by Gasteiger charge is -2.23. The number of ether oxygens (including phenoxy) is 2. The molecule has 1 aliphatic rings. The van der Waals surface area contributed by atoms with Gasteiger partial charge in [0.1, 0.15) is 18.1 Å². The van der Waals surface area contributed by atoms with E-state index >= 15 is 0 Å². The van der Waals surface area contributed by atoms with Crippen molar-refractivity contribution in [2.45, 2.75) is 73.6 Å². The van der Waals surface area contributed by atoms with Crippen LogP contribution in [0.15, 0.2) is 18.2 Å². The van der Waals surface area contributed by atoms with Crippen LogP contribution in [0.4, 0.5) is 5.69 Å². The van der Waals surface area contributed by atoms with Crippen molar-refractivity contribution in [2.24, 2.45) is 5.41 Å². The lowest BCUT2D eigenvalue weighted by Crippen LogP contribution is -2.21. The molecular weight excluding hydrogens is 414 g/mol. The van der Waals surface area contributed by atoms with E-state index < -0.39 is 0 Å². The SMILES string of the molecule is Cc1c(C)c2c(c(C)c1NC(=O)CC(C)(C)C)C(c1ccc(C(C)C)c(OCCO)c1)CO2. The van der Waals surface area contributed by atoms with E-state index in [9.17, 15) is 9.90 Å². The van der Waals surface area contributed by atoms with Crippen molar-refractivity contribution < 1.29 is 19.4 Å². The van der Waals surface area contributed by atoms with Crippen molar-refractivity contribution in [3.05, 3.63) is 51.6 Å². The van der Waals surface area contributed by atoms with Crippen molar-refractivity contribution in [1.82, 2.24) is 0 Å². The Balaban J connectivity index is 2.04. The first kappa shape index (κ1) is 25.1. The monoisotopic (exact) mass is 453 g/mol. The molecule has 3 rings (SSSR count). The fourth-order valence-corrected chi connectivity index (χ4v) is 4.64. The Hall–Kier alpha value is -2.53. The Morgan fingerprint density at radius 1 is 1.18 bits per heavy atom. The van der Waals surface area contributed by atoms with E-state index in [4.69, 9.17) is 9.47 Å². The molecule has 1 aliphatic heterocycles. The Morgan fingerprint density at radius 2 is 1.88 bits per heavy atom. The van der Waals surface area contributed by atoms with Gasteiger partial charge in [0.15, 0.2) is 0 Å². The fourth-order valence-electron chi connectivity index (χ4n) is 4.64. The summed E-state index contributed by atoms with van der Waals surface area (Å²) in [6.45, 7) is 17.5. The van der Waals surface area contributed by atoms with Crippen LogP contribution in [0.5, 0.6) is 11.5 Å². The number of anilines is 1. The number of nitrogens with one attached hydrogen (secondary N) is 1. The van der Waals surface area contributed by atoms with Crippen LogP contribution < -0.4 is 14.8 Å². The lowest BCUT2D eigenvalue weighted by molar-refractivity contribution is -0.117. The molecule has 0 aromatic heterocycles. The largest absolute Gasteiger partial charge is 0.492 e. The van der Waals surface area contributed by atoms with Crippen molar-refractivity contribution in [3.8, 4) is 11.5 Å². The molecule has 5 nitrogen and oxygen atoms in total. The van der Waals surface area contributed by atoms with Crippen molar-refractivity contribution in [1.29, 1.82) is 0 Å². The van der Waals surface area contributed by atoms with Crippen LogP contribution in [-0.2, 0) is 4.79 Å². The Morgan fingerprint density at radius 3 is 2.48 bits per heavy atom. The fraction of sp³-hybridized carbons (Fsp3) is 0.536. The molecule has 0 radical (unpaired) electrons. The van der Waals surface area contributed by atoms with Gasteiger partial charge in [-0.15, -0.1) is 0 Å². The highest BCUT2D eigenvalue weighted by atomic mass is 16.5. The maximum absolute atomic E-state index is 12.8. The molecule has 0 spiro atoms. The quantitative estimate of drug-likeness (QED) is 0.539. The van der Waals surface area contributed by atoms with Gasteiger partial charge in [-0.05, 0) is 66.0 Å². The molecular formula is C28H39NO4. The zero-order valence-corrected chi connectivity index (χ0v) is 21.4. The molecule has 0 fully saturated rings. The minimum atomic E-state index is -0.0769. The third-order valence-electron chi connectivity index (χ3n) is 6.41. The van der Waals surface area contributed by atoms with E-state index in [1.165, 1.54) is 0 Å². The first-order chi connectivity index (χ1) is 15.4. The summed E-state index contributed by atoms with van der Waals surface area (Å²) in [6.07, 6.45) is 0.462. The number of benzene rings is 2. The molecule has 1 atom stereocenters. The Labute approximate surface area is 198 Å². The average Bonchev–Trinajstić information content (AvgIpc) is 3.17. The summed E-state index contributed by atoms with van der Waals surface area (Å²) in [6, 6.07) is 6.35. The van der Waals surface area contributed by atoms with Crippen molar-refractivity contribution in [2.75, 3.05) is 25.1 Å². The van der Waals surface area contributed by atoms with Gasteiger partial charge < -0.3 is 19.9 Å². The van der Waals surface area contributed by atoms with E-state index in [0.717, 1.165) is 50.6 Å². The molecule has 0 saturated carbocycles. The van der Waals surface area contributed by atoms with Gasteiger partial charge in [-0.25, -0.2) is 0 Å². The van der Waals surface area contributed by atoms with Crippen LogP contribution in [0.1, 0.15) is 86.3 Å². The summed E-state index contributed by atoms with van der Waals surface area (Å²) in [5, 5.41) is 12.4.